The van der Waals surface area contributed by atoms with Gasteiger partial charge in [-0.1, -0.05) is 35.1 Å². The van der Waals surface area contributed by atoms with Gasteiger partial charge in [0.15, 0.2) is 0 Å². The minimum Gasteiger partial charge on any atom is -0.449 e. The summed E-state index contributed by atoms with van der Waals surface area (Å²) in [6, 6.07) is 12.9. The number of nitrogens with zero attached hydrogens (tertiary/aromatic N) is 3. The molecule has 0 bridgehead atoms. The molecule has 1 amide bonds. The number of carbonyl (C=O) groups excluding carboxylic acids is 1. The first-order chi connectivity index (χ1) is 15.5. The zero-order valence-corrected chi connectivity index (χ0v) is 19.6. The third-order valence-electron chi connectivity index (χ3n) is 5.59. The van der Waals surface area contributed by atoms with E-state index in [4.69, 9.17) is 16.3 Å². The number of anilines is 1. The molecule has 9 heteroatoms. The van der Waals surface area contributed by atoms with Gasteiger partial charge in [-0.2, -0.15) is 0 Å². The molecule has 0 spiro atoms. The summed E-state index contributed by atoms with van der Waals surface area (Å²) in [4.78, 5) is 29.3. The Morgan fingerprint density at radius 2 is 1.97 bits per heavy atom. The molecule has 170 valence electrons. The zero-order valence-electron chi connectivity index (χ0n) is 18.1. The van der Waals surface area contributed by atoms with Crippen molar-refractivity contribution in [3.63, 3.8) is 0 Å². The van der Waals surface area contributed by atoms with Crippen molar-refractivity contribution in [2.75, 3.05) is 51.7 Å². The summed E-state index contributed by atoms with van der Waals surface area (Å²) < 4.78 is 7.93. The number of ether oxygens (including phenoxy) is 1. The number of amides is 1. The van der Waals surface area contributed by atoms with Gasteiger partial charge in [0.05, 0.1) is 23.4 Å². The van der Waals surface area contributed by atoms with Gasteiger partial charge in [-0.15, -0.1) is 0 Å². The van der Waals surface area contributed by atoms with Crippen molar-refractivity contribution in [3.05, 3.63) is 62.7 Å². The molecule has 0 atom stereocenters. The normalized spacial score (nSPS) is 15.2. The number of aromatic nitrogens is 1. The predicted octanol–water partition coefficient (Wildman–Crippen LogP) is 3.95. The van der Waals surface area contributed by atoms with Crippen LogP contribution in [0.3, 0.4) is 0 Å². The fourth-order valence-corrected chi connectivity index (χ4v) is 4.83. The molecule has 1 aliphatic rings. The van der Waals surface area contributed by atoms with Crippen LogP contribution in [0.25, 0.3) is 10.2 Å². The van der Waals surface area contributed by atoms with Crippen molar-refractivity contribution >= 4 is 44.9 Å². The van der Waals surface area contributed by atoms with Crippen LogP contribution in [0.5, 0.6) is 0 Å². The topological polar surface area (TPSA) is 66.8 Å². The highest BCUT2D eigenvalue weighted by molar-refractivity contribution is 7.16. The highest BCUT2D eigenvalue weighted by atomic mass is 35.5. The molecule has 0 aliphatic carbocycles. The number of hydrogen-bond donors (Lipinski definition) is 1. The fourth-order valence-electron chi connectivity index (χ4n) is 3.79. The van der Waals surface area contributed by atoms with Crippen molar-refractivity contribution in [2.24, 2.45) is 0 Å². The highest BCUT2D eigenvalue weighted by Gasteiger charge is 2.13. The highest BCUT2D eigenvalue weighted by Crippen LogP contribution is 2.23. The first kappa shape index (κ1) is 22.8. The molecule has 0 unspecified atom stereocenters. The Morgan fingerprint density at radius 3 is 2.78 bits per heavy atom. The molecule has 7 nitrogen and oxygen atoms in total. The number of nitrogens with one attached hydrogen (secondary N) is 1. The maximum absolute atomic E-state index is 12.4. The molecule has 2 heterocycles. The SMILES string of the molecule is CN1CCN(CCCOC(=O)Nc2cccc(Cn3c(=O)sc4ccc(Cl)cc43)c2)CC1. The molecule has 4 rings (SSSR count). The third-order valence-corrected chi connectivity index (χ3v) is 6.79. The van der Waals surface area contributed by atoms with Crippen LogP contribution in [0.15, 0.2) is 47.3 Å². The van der Waals surface area contributed by atoms with Crippen LogP contribution in [-0.2, 0) is 11.3 Å². The van der Waals surface area contributed by atoms with Gasteiger partial charge in [0, 0.05) is 43.4 Å². The van der Waals surface area contributed by atoms with Crippen LogP contribution in [-0.4, -0.2) is 66.8 Å². The lowest BCUT2D eigenvalue weighted by molar-refractivity contribution is 0.130. The van der Waals surface area contributed by atoms with Gasteiger partial charge in [-0.05, 0) is 49.4 Å². The second-order valence-electron chi connectivity index (χ2n) is 8.03. The number of benzene rings is 2. The van der Waals surface area contributed by atoms with E-state index in [1.807, 2.05) is 24.3 Å². The lowest BCUT2D eigenvalue weighted by Gasteiger charge is -2.32. The van der Waals surface area contributed by atoms with Crippen molar-refractivity contribution in [2.45, 2.75) is 13.0 Å². The molecule has 0 saturated carbocycles. The van der Waals surface area contributed by atoms with Crippen LogP contribution in [0.1, 0.15) is 12.0 Å². The number of fused-ring (bicyclic) bond motifs is 1. The first-order valence-electron chi connectivity index (χ1n) is 10.7. The quantitative estimate of drug-likeness (QED) is 0.525. The zero-order chi connectivity index (χ0) is 22.5. The first-order valence-corrected chi connectivity index (χ1v) is 11.9. The van der Waals surface area contributed by atoms with Crippen LogP contribution >= 0.6 is 22.9 Å². The molecule has 2 aromatic carbocycles. The number of likely N-dealkylation sites (N-methyl/N-ethyl adjacent to an activating group) is 1. The van der Waals surface area contributed by atoms with Gasteiger partial charge in [-0.25, -0.2) is 4.79 Å². The van der Waals surface area contributed by atoms with Crippen molar-refractivity contribution < 1.29 is 9.53 Å². The Balaban J connectivity index is 1.30. The third kappa shape index (κ3) is 5.89. The van der Waals surface area contributed by atoms with Gasteiger partial charge in [-0.3, -0.25) is 14.7 Å². The van der Waals surface area contributed by atoms with E-state index in [9.17, 15) is 9.59 Å². The second-order valence-corrected chi connectivity index (χ2v) is 9.46. The molecule has 1 N–H and O–H groups in total. The molecular formula is C23H27ClN4O3S. The summed E-state index contributed by atoms with van der Waals surface area (Å²) in [5, 5.41) is 3.37. The summed E-state index contributed by atoms with van der Waals surface area (Å²) >= 11 is 7.31. The lowest BCUT2D eigenvalue weighted by Crippen LogP contribution is -2.44. The molecule has 1 fully saturated rings. The van der Waals surface area contributed by atoms with Gasteiger partial charge in [0.25, 0.3) is 0 Å². The Bertz CT molecular complexity index is 1140. The summed E-state index contributed by atoms with van der Waals surface area (Å²) in [6.45, 7) is 6.00. The summed E-state index contributed by atoms with van der Waals surface area (Å²) in [5.74, 6) is 0. The lowest BCUT2D eigenvalue weighted by atomic mass is 10.2. The molecular weight excluding hydrogens is 448 g/mol. The number of hydrogen-bond acceptors (Lipinski definition) is 6. The smallest absolute Gasteiger partial charge is 0.411 e. The van der Waals surface area contributed by atoms with Crippen LogP contribution in [0, 0.1) is 0 Å². The minimum absolute atomic E-state index is 0.0413. The molecule has 1 aromatic heterocycles. The number of rotatable bonds is 7. The monoisotopic (exact) mass is 474 g/mol. The standard InChI is InChI=1S/C23H27ClN4O3S/c1-26-9-11-27(12-10-26)8-3-13-31-22(29)25-19-5-2-4-17(14-19)16-28-20-15-18(24)6-7-21(20)32-23(28)30/h2,4-7,14-15H,3,8-13,16H2,1H3,(H,25,29). The van der Waals surface area contributed by atoms with Gasteiger partial charge < -0.3 is 14.5 Å². The molecule has 32 heavy (non-hydrogen) atoms. The van der Waals surface area contributed by atoms with Gasteiger partial charge in [0.2, 0.25) is 0 Å². The maximum Gasteiger partial charge on any atom is 0.411 e. The fraction of sp³-hybridized carbons (Fsp3) is 0.391. The van der Waals surface area contributed by atoms with Crippen molar-refractivity contribution in [1.82, 2.24) is 14.4 Å². The molecule has 1 saturated heterocycles. The van der Waals surface area contributed by atoms with E-state index < -0.39 is 6.09 Å². The van der Waals surface area contributed by atoms with E-state index >= 15 is 0 Å². The average molecular weight is 475 g/mol. The van der Waals surface area contributed by atoms with Crippen molar-refractivity contribution in [1.29, 1.82) is 0 Å². The van der Waals surface area contributed by atoms with Gasteiger partial charge >= 0.3 is 11.0 Å². The van der Waals surface area contributed by atoms with E-state index in [0.717, 1.165) is 54.9 Å². The molecule has 1 aliphatic heterocycles. The van der Waals surface area contributed by atoms with Crippen LogP contribution < -0.4 is 10.2 Å². The Hall–Kier alpha value is -2.39. The average Bonchev–Trinajstić information content (AvgIpc) is 3.07. The van der Waals surface area contributed by atoms with E-state index in [1.165, 1.54) is 11.3 Å². The maximum atomic E-state index is 12.4. The Morgan fingerprint density at radius 1 is 1.16 bits per heavy atom. The van der Waals surface area contributed by atoms with Crippen molar-refractivity contribution in [3.8, 4) is 0 Å². The van der Waals surface area contributed by atoms with E-state index in [2.05, 4.69) is 22.2 Å². The predicted molar refractivity (Wildman–Crippen MR) is 130 cm³/mol. The van der Waals surface area contributed by atoms with E-state index in [1.54, 1.807) is 22.8 Å². The number of carbonyl (C=O) groups is 1. The molecule has 3 aromatic rings. The summed E-state index contributed by atoms with van der Waals surface area (Å²) in [6.07, 6.45) is 0.346. The second kappa shape index (κ2) is 10.5. The largest absolute Gasteiger partial charge is 0.449 e. The number of piperazine rings is 1. The summed E-state index contributed by atoms with van der Waals surface area (Å²) in [5.41, 5.74) is 2.35. The summed E-state index contributed by atoms with van der Waals surface area (Å²) in [7, 11) is 2.14. The van der Waals surface area contributed by atoms with Crippen LogP contribution in [0.4, 0.5) is 10.5 Å². The Kier molecular flexibility index (Phi) is 7.47. The molecule has 0 radical (unpaired) electrons. The number of halogens is 1. The van der Waals surface area contributed by atoms with Gasteiger partial charge in [0.1, 0.15) is 0 Å². The minimum atomic E-state index is -0.467. The van der Waals surface area contributed by atoms with E-state index in [0.29, 0.717) is 23.9 Å². The number of thiazole rings is 1. The Labute approximate surface area is 196 Å². The van der Waals surface area contributed by atoms with Crippen LogP contribution in [0.2, 0.25) is 5.02 Å². The van der Waals surface area contributed by atoms with E-state index in [-0.39, 0.29) is 4.87 Å².